The van der Waals surface area contributed by atoms with E-state index in [2.05, 4.69) is 4.37 Å². The van der Waals surface area contributed by atoms with Crippen LogP contribution in [0.15, 0.2) is 54.7 Å². The van der Waals surface area contributed by atoms with Crippen molar-refractivity contribution in [2.75, 3.05) is 6.61 Å². The summed E-state index contributed by atoms with van der Waals surface area (Å²) in [5.74, 6) is 0.818. The van der Waals surface area contributed by atoms with Crippen LogP contribution < -0.4 is 4.74 Å². The number of fused-ring (bicyclic) bond motifs is 1. The van der Waals surface area contributed by atoms with Crippen molar-refractivity contribution in [1.29, 1.82) is 0 Å². The molecular formula is C16H15NO2S. The average molecular weight is 285 g/mol. The number of nitrogens with zero attached hydrogens (tertiary/aromatic N) is 1. The van der Waals surface area contributed by atoms with Crippen LogP contribution in [0.5, 0.6) is 5.75 Å². The molecule has 3 rings (SSSR count). The summed E-state index contributed by atoms with van der Waals surface area (Å²) in [6.07, 6.45) is 2.25. The first-order valence-electron chi connectivity index (χ1n) is 6.54. The highest BCUT2D eigenvalue weighted by Gasteiger charge is 2.14. The molecule has 1 unspecified atom stereocenters. The maximum atomic E-state index is 9.26. The van der Waals surface area contributed by atoms with Crippen LogP contribution in [0.4, 0.5) is 0 Å². The number of hydrogen-bond donors (Lipinski definition) is 1. The molecular weight excluding hydrogens is 270 g/mol. The average Bonchev–Trinajstić information content (AvgIpc) is 2.97. The van der Waals surface area contributed by atoms with Gasteiger partial charge in [-0.3, -0.25) is 0 Å². The molecule has 1 atom stereocenters. The minimum Gasteiger partial charge on any atom is -0.485 e. The summed E-state index contributed by atoms with van der Waals surface area (Å²) in [7, 11) is 0. The van der Waals surface area contributed by atoms with E-state index in [0.29, 0.717) is 6.42 Å². The van der Waals surface area contributed by atoms with Crippen molar-refractivity contribution in [2.45, 2.75) is 12.5 Å². The Morgan fingerprint density at radius 3 is 2.75 bits per heavy atom. The summed E-state index contributed by atoms with van der Waals surface area (Å²) in [5.41, 5.74) is 1.07. The monoisotopic (exact) mass is 285 g/mol. The second kappa shape index (κ2) is 6.03. The third kappa shape index (κ3) is 2.66. The minimum absolute atomic E-state index is 0.0947. The second-order valence-corrected chi connectivity index (χ2v) is 5.36. The van der Waals surface area contributed by atoms with Gasteiger partial charge in [-0.2, -0.15) is 4.37 Å². The van der Waals surface area contributed by atoms with E-state index in [-0.39, 0.29) is 12.7 Å². The van der Waals surface area contributed by atoms with Crippen LogP contribution in [0.25, 0.3) is 10.1 Å². The standard InChI is InChI=1S/C16H15NO2S/c18-10-9-14(12-5-2-1-3-6-12)19-15-7-4-8-16-13(15)11-17-20-16/h1-8,11,14,18H,9-10H2. The lowest BCUT2D eigenvalue weighted by Crippen LogP contribution is -2.09. The molecule has 0 bridgehead atoms. The molecule has 2 aromatic carbocycles. The highest BCUT2D eigenvalue weighted by Crippen LogP contribution is 2.32. The molecule has 0 aliphatic rings. The van der Waals surface area contributed by atoms with Gasteiger partial charge in [0.25, 0.3) is 0 Å². The number of benzene rings is 2. The fourth-order valence-electron chi connectivity index (χ4n) is 2.20. The maximum Gasteiger partial charge on any atom is 0.130 e. The summed E-state index contributed by atoms with van der Waals surface area (Å²) in [6, 6.07) is 15.9. The van der Waals surface area contributed by atoms with Crippen LogP contribution in [-0.4, -0.2) is 16.1 Å². The maximum absolute atomic E-state index is 9.26. The Kier molecular flexibility index (Phi) is 3.95. The van der Waals surface area contributed by atoms with Crippen LogP contribution in [0.3, 0.4) is 0 Å². The molecule has 102 valence electrons. The van der Waals surface area contributed by atoms with E-state index >= 15 is 0 Å². The summed E-state index contributed by atoms with van der Waals surface area (Å²) in [5, 5.41) is 10.3. The third-order valence-corrected chi connectivity index (χ3v) is 3.95. The Bertz CT molecular complexity index is 681. The highest BCUT2D eigenvalue weighted by molar-refractivity contribution is 7.13. The fraction of sp³-hybridized carbons (Fsp3) is 0.188. The van der Waals surface area contributed by atoms with Crippen molar-refractivity contribution in [3.63, 3.8) is 0 Å². The lowest BCUT2D eigenvalue weighted by molar-refractivity contribution is 0.157. The molecule has 1 heterocycles. The zero-order valence-corrected chi connectivity index (χ0v) is 11.7. The molecule has 4 heteroatoms. The number of aromatic nitrogens is 1. The van der Waals surface area contributed by atoms with Crippen molar-refractivity contribution in [3.8, 4) is 5.75 Å². The topological polar surface area (TPSA) is 42.4 Å². The summed E-state index contributed by atoms with van der Waals surface area (Å²) in [4.78, 5) is 0. The number of ether oxygens (including phenoxy) is 1. The lowest BCUT2D eigenvalue weighted by Gasteiger charge is -2.19. The van der Waals surface area contributed by atoms with Gasteiger partial charge in [0.15, 0.2) is 0 Å². The SMILES string of the molecule is OCCC(Oc1cccc2sncc12)c1ccccc1. The molecule has 0 aliphatic heterocycles. The Labute approximate surface area is 121 Å². The van der Waals surface area contributed by atoms with Crippen molar-refractivity contribution < 1.29 is 9.84 Å². The Hall–Kier alpha value is -1.91. The molecule has 0 fully saturated rings. The quantitative estimate of drug-likeness (QED) is 0.775. The van der Waals surface area contributed by atoms with Gasteiger partial charge in [-0.1, -0.05) is 36.4 Å². The van der Waals surface area contributed by atoms with Gasteiger partial charge in [-0.15, -0.1) is 0 Å². The normalized spacial score (nSPS) is 12.4. The predicted molar refractivity (Wildman–Crippen MR) is 81.1 cm³/mol. The molecule has 3 aromatic rings. The fourth-order valence-corrected chi connectivity index (χ4v) is 2.86. The van der Waals surface area contributed by atoms with Crippen LogP contribution in [0.2, 0.25) is 0 Å². The van der Waals surface area contributed by atoms with E-state index in [1.807, 2.05) is 54.7 Å². The van der Waals surface area contributed by atoms with Gasteiger partial charge in [0.2, 0.25) is 0 Å². The van der Waals surface area contributed by atoms with E-state index in [4.69, 9.17) is 4.74 Å². The minimum atomic E-state index is -0.147. The molecule has 3 nitrogen and oxygen atoms in total. The van der Waals surface area contributed by atoms with Crippen molar-refractivity contribution in [3.05, 3.63) is 60.3 Å². The van der Waals surface area contributed by atoms with Crippen LogP contribution >= 0.6 is 11.5 Å². The first kappa shape index (κ1) is 13.1. The highest BCUT2D eigenvalue weighted by atomic mass is 32.1. The summed E-state index contributed by atoms with van der Waals surface area (Å²) in [6.45, 7) is 0.0947. The zero-order chi connectivity index (χ0) is 13.8. The van der Waals surface area contributed by atoms with Gasteiger partial charge in [0.05, 0.1) is 16.3 Å². The molecule has 1 aromatic heterocycles. The van der Waals surface area contributed by atoms with Gasteiger partial charge in [-0.25, -0.2) is 0 Å². The van der Waals surface area contributed by atoms with E-state index < -0.39 is 0 Å². The molecule has 1 N–H and O–H groups in total. The molecule has 0 saturated carbocycles. The Morgan fingerprint density at radius 1 is 1.10 bits per heavy atom. The van der Waals surface area contributed by atoms with Gasteiger partial charge in [0, 0.05) is 13.0 Å². The number of aliphatic hydroxyl groups excluding tert-OH is 1. The third-order valence-electron chi connectivity index (χ3n) is 3.19. The second-order valence-electron chi connectivity index (χ2n) is 4.52. The zero-order valence-electron chi connectivity index (χ0n) is 10.9. The Morgan fingerprint density at radius 2 is 1.95 bits per heavy atom. The first-order chi connectivity index (χ1) is 9.88. The van der Waals surface area contributed by atoms with Gasteiger partial charge < -0.3 is 9.84 Å². The van der Waals surface area contributed by atoms with Crippen LogP contribution in [0.1, 0.15) is 18.1 Å². The van der Waals surface area contributed by atoms with Gasteiger partial charge in [0.1, 0.15) is 11.9 Å². The van der Waals surface area contributed by atoms with E-state index in [1.54, 1.807) is 0 Å². The van der Waals surface area contributed by atoms with Crippen molar-refractivity contribution >= 4 is 21.6 Å². The predicted octanol–water partition coefficient (Wildman–Crippen LogP) is 3.80. The molecule has 0 aliphatic carbocycles. The number of hydrogen-bond acceptors (Lipinski definition) is 4. The molecule has 0 saturated heterocycles. The summed E-state index contributed by atoms with van der Waals surface area (Å²) < 4.78 is 11.4. The van der Waals surface area contributed by atoms with Gasteiger partial charge >= 0.3 is 0 Å². The number of aliphatic hydroxyl groups is 1. The number of rotatable bonds is 5. The van der Waals surface area contributed by atoms with E-state index in [1.165, 1.54) is 11.5 Å². The molecule has 0 spiro atoms. The van der Waals surface area contributed by atoms with E-state index in [9.17, 15) is 5.11 Å². The first-order valence-corrected chi connectivity index (χ1v) is 7.31. The van der Waals surface area contributed by atoms with Gasteiger partial charge in [-0.05, 0) is 29.2 Å². The Balaban J connectivity index is 1.92. The largest absolute Gasteiger partial charge is 0.485 e. The molecule has 0 amide bonds. The van der Waals surface area contributed by atoms with Crippen molar-refractivity contribution in [2.24, 2.45) is 0 Å². The summed E-state index contributed by atoms with van der Waals surface area (Å²) >= 11 is 1.46. The lowest BCUT2D eigenvalue weighted by atomic mass is 10.1. The van der Waals surface area contributed by atoms with Crippen LogP contribution in [0, 0.1) is 0 Å². The molecule has 20 heavy (non-hydrogen) atoms. The van der Waals surface area contributed by atoms with E-state index in [0.717, 1.165) is 21.4 Å². The van der Waals surface area contributed by atoms with Crippen LogP contribution in [-0.2, 0) is 0 Å². The smallest absolute Gasteiger partial charge is 0.130 e. The molecule has 0 radical (unpaired) electrons. The van der Waals surface area contributed by atoms with Crippen molar-refractivity contribution in [1.82, 2.24) is 4.37 Å².